The Morgan fingerprint density at radius 1 is 1.15 bits per heavy atom. The molecule has 2 rings (SSSR count). The molecule has 0 aliphatic heterocycles. The summed E-state index contributed by atoms with van der Waals surface area (Å²) in [6, 6.07) is 12.7. The van der Waals surface area contributed by atoms with Crippen LogP contribution in [-0.4, -0.2) is 10.8 Å². The number of nitro benzene ring substituents is 1. The molecule has 0 aromatic heterocycles. The van der Waals surface area contributed by atoms with Crippen LogP contribution in [0.15, 0.2) is 48.5 Å². The van der Waals surface area contributed by atoms with E-state index in [1.165, 1.54) is 12.1 Å². The third-order valence-electron chi connectivity index (χ3n) is 2.59. The van der Waals surface area contributed by atoms with E-state index in [1.54, 1.807) is 24.3 Å². The van der Waals surface area contributed by atoms with Crippen molar-refractivity contribution in [1.29, 1.82) is 0 Å². The van der Waals surface area contributed by atoms with E-state index in [0.29, 0.717) is 5.69 Å². The van der Waals surface area contributed by atoms with E-state index in [-0.39, 0.29) is 16.9 Å². The number of amides is 1. The molecule has 0 atom stereocenters. The van der Waals surface area contributed by atoms with Gasteiger partial charge in [-0.2, -0.15) is 0 Å². The molecule has 0 bridgehead atoms. The minimum Gasteiger partial charge on any atom is -0.398 e. The smallest absolute Gasteiger partial charge is 0.271 e. The van der Waals surface area contributed by atoms with Crippen molar-refractivity contribution < 1.29 is 9.72 Å². The number of nitro groups is 1. The summed E-state index contributed by atoms with van der Waals surface area (Å²) in [5.41, 5.74) is 11.5. The predicted molar refractivity (Wildman–Crippen MR) is 75.0 cm³/mol. The first kappa shape index (κ1) is 13.3. The van der Waals surface area contributed by atoms with Crippen LogP contribution in [0.3, 0.4) is 0 Å². The van der Waals surface area contributed by atoms with Gasteiger partial charge >= 0.3 is 0 Å². The third kappa shape index (κ3) is 3.02. The molecule has 4 N–H and O–H groups in total. The van der Waals surface area contributed by atoms with Crippen LogP contribution in [0, 0.1) is 10.1 Å². The molecule has 102 valence electrons. The lowest BCUT2D eigenvalue weighted by molar-refractivity contribution is -0.384. The molecule has 0 saturated carbocycles. The SMILES string of the molecule is Nc1ccc([N+](=O)[O-])cc1C(=O)NNc1ccccc1. The fraction of sp³-hybridized carbons (Fsp3) is 0. The van der Waals surface area contributed by atoms with Crippen molar-refractivity contribution in [2.24, 2.45) is 0 Å². The maximum atomic E-state index is 11.9. The van der Waals surface area contributed by atoms with Gasteiger partial charge in [-0.3, -0.25) is 25.8 Å². The van der Waals surface area contributed by atoms with Crippen LogP contribution in [0.5, 0.6) is 0 Å². The Hall–Kier alpha value is -3.09. The van der Waals surface area contributed by atoms with Gasteiger partial charge in [0.05, 0.1) is 16.2 Å². The number of nitrogens with one attached hydrogen (secondary N) is 2. The average molecular weight is 272 g/mol. The van der Waals surface area contributed by atoms with Gasteiger partial charge in [-0.1, -0.05) is 18.2 Å². The molecule has 1 amide bonds. The molecule has 0 radical (unpaired) electrons. The molecular weight excluding hydrogens is 260 g/mol. The second kappa shape index (κ2) is 5.70. The lowest BCUT2D eigenvalue weighted by atomic mass is 10.1. The predicted octanol–water partition coefficient (Wildman–Crippen LogP) is 1.93. The molecule has 0 fully saturated rings. The van der Waals surface area contributed by atoms with E-state index in [9.17, 15) is 14.9 Å². The third-order valence-corrected chi connectivity index (χ3v) is 2.59. The van der Waals surface area contributed by atoms with E-state index < -0.39 is 10.8 Å². The normalized spacial score (nSPS) is 9.80. The van der Waals surface area contributed by atoms with Gasteiger partial charge in [0, 0.05) is 17.8 Å². The fourth-order valence-electron chi connectivity index (χ4n) is 1.57. The van der Waals surface area contributed by atoms with Crippen LogP contribution in [0.25, 0.3) is 0 Å². The first-order valence-corrected chi connectivity index (χ1v) is 5.73. The summed E-state index contributed by atoms with van der Waals surface area (Å²) in [5, 5.41) is 10.7. The average Bonchev–Trinajstić information content (AvgIpc) is 2.46. The van der Waals surface area contributed by atoms with E-state index >= 15 is 0 Å². The Morgan fingerprint density at radius 3 is 2.50 bits per heavy atom. The lowest BCUT2D eigenvalue weighted by Crippen LogP contribution is -2.30. The summed E-state index contributed by atoms with van der Waals surface area (Å²) in [4.78, 5) is 22.0. The summed E-state index contributed by atoms with van der Waals surface area (Å²) in [7, 11) is 0. The number of hydrogen-bond donors (Lipinski definition) is 3. The van der Waals surface area contributed by atoms with Crippen LogP contribution in [-0.2, 0) is 0 Å². The molecule has 0 aliphatic rings. The van der Waals surface area contributed by atoms with Crippen LogP contribution in [0.1, 0.15) is 10.4 Å². The van der Waals surface area contributed by atoms with Gasteiger partial charge in [-0.05, 0) is 18.2 Å². The Bertz CT molecular complexity index is 643. The summed E-state index contributed by atoms with van der Waals surface area (Å²) in [6.07, 6.45) is 0. The highest BCUT2D eigenvalue weighted by atomic mass is 16.6. The Morgan fingerprint density at radius 2 is 1.85 bits per heavy atom. The molecule has 2 aromatic rings. The number of hydrazine groups is 1. The number of rotatable bonds is 4. The maximum Gasteiger partial charge on any atom is 0.271 e. The number of nitrogen functional groups attached to an aromatic ring is 1. The minimum atomic E-state index is -0.582. The van der Waals surface area contributed by atoms with Crippen LogP contribution >= 0.6 is 0 Å². The number of benzene rings is 2. The van der Waals surface area contributed by atoms with E-state index in [2.05, 4.69) is 10.9 Å². The molecule has 20 heavy (non-hydrogen) atoms. The number of hydrogen-bond acceptors (Lipinski definition) is 5. The number of carbonyl (C=O) groups excluding carboxylic acids is 1. The Balaban J connectivity index is 2.13. The summed E-state index contributed by atoms with van der Waals surface area (Å²) >= 11 is 0. The maximum absolute atomic E-state index is 11.9. The number of carbonyl (C=O) groups is 1. The summed E-state index contributed by atoms with van der Waals surface area (Å²) in [6.45, 7) is 0. The molecule has 0 spiro atoms. The van der Waals surface area contributed by atoms with Gasteiger partial charge in [0.1, 0.15) is 0 Å². The standard InChI is InChI=1S/C13H12N4O3/c14-12-7-6-10(17(19)20)8-11(12)13(18)16-15-9-4-2-1-3-5-9/h1-8,15H,14H2,(H,16,18). The topological polar surface area (TPSA) is 110 Å². The molecule has 2 aromatic carbocycles. The molecule has 7 heteroatoms. The quantitative estimate of drug-likeness (QED) is 0.447. The van der Waals surface area contributed by atoms with Gasteiger partial charge in [-0.15, -0.1) is 0 Å². The zero-order chi connectivity index (χ0) is 14.5. The highest BCUT2D eigenvalue weighted by Crippen LogP contribution is 2.19. The number of nitrogens with two attached hydrogens (primary N) is 1. The summed E-state index contributed by atoms with van der Waals surface area (Å²) in [5.74, 6) is -0.546. The number of para-hydroxylation sites is 1. The number of anilines is 2. The highest BCUT2D eigenvalue weighted by Gasteiger charge is 2.14. The zero-order valence-electron chi connectivity index (χ0n) is 10.4. The molecule has 0 aliphatic carbocycles. The van der Waals surface area contributed by atoms with Crippen molar-refractivity contribution >= 4 is 23.0 Å². The Labute approximate surface area is 114 Å². The van der Waals surface area contributed by atoms with Gasteiger partial charge in [-0.25, -0.2) is 0 Å². The van der Waals surface area contributed by atoms with Crippen LogP contribution < -0.4 is 16.6 Å². The first-order chi connectivity index (χ1) is 9.58. The molecular formula is C13H12N4O3. The molecule has 0 saturated heterocycles. The van der Waals surface area contributed by atoms with Gasteiger partial charge < -0.3 is 5.73 Å². The fourth-order valence-corrected chi connectivity index (χ4v) is 1.57. The minimum absolute atomic E-state index is 0.0441. The molecule has 0 heterocycles. The van der Waals surface area contributed by atoms with Gasteiger partial charge in [0.2, 0.25) is 0 Å². The van der Waals surface area contributed by atoms with Crippen molar-refractivity contribution in [1.82, 2.24) is 5.43 Å². The van der Waals surface area contributed by atoms with Crippen molar-refractivity contribution in [2.45, 2.75) is 0 Å². The first-order valence-electron chi connectivity index (χ1n) is 5.73. The highest BCUT2D eigenvalue weighted by molar-refractivity contribution is 6.00. The molecule has 0 unspecified atom stereocenters. The van der Waals surface area contributed by atoms with Gasteiger partial charge in [0.25, 0.3) is 11.6 Å². The van der Waals surface area contributed by atoms with Crippen molar-refractivity contribution in [3.8, 4) is 0 Å². The second-order valence-corrected chi connectivity index (χ2v) is 3.97. The zero-order valence-corrected chi connectivity index (χ0v) is 10.4. The number of non-ortho nitro benzene ring substituents is 1. The van der Waals surface area contributed by atoms with Crippen molar-refractivity contribution in [3.63, 3.8) is 0 Å². The second-order valence-electron chi connectivity index (χ2n) is 3.97. The monoisotopic (exact) mass is 272 g/mol. The lowest BCUT2D eigenvalue weighted by Gasteiger charge is -2.09. The van der Waals surface area contributed by atoms with E-state index in [1.807, 2.05) is 6.07 Å². The largest absolute Gasteiger partial charge is 0.398 e. The Kier molecular flexibility index (Phi) is 3.80. The van der Waals surface area contributed by atoms with Crippen LogP contribution in [0.2, 0.25) is 0 Å². The van der Waals surface area contributed by atoms with E-state index in [0.717, 1.165) is 6.07 Å². The molecule has 7 nitrogen and oxygen atoms in total. The van der Waals surface area contributed by atoms with Crippen molar-refractivity contribution in [2.75, 3.05) is 11.2 Å². The van der Waals surface area contributed by atoms with Crippen LogP contribution in [0.4, 0.5) is 17.1 Å². The van der Waals surface area contributed by atoms with E-state index in [4.69, 9.17) is 5.73 Å². The van der Waals surface area contributed by atoms with Crippen molar-refractivity contribution in [3.05, 3.63) is 64.2 Å². The number of nitrogens with zero attached hydrogens (tertiary/aromatic N) is 1. The van der Waals surface area contributed by atoms with Gasteiger partial charge in [0.15, 0.2) is 0 Å². The summed E-state index contributed by atoms with van der Waals surface area (Å²) < 4.78 is 0.